The van der Waals surface area contributed by atoms with Gasteiger partial charge < -0.3 is 5.32 Å². The smallest absolute Gasteiger partial charge is 0.322 e. The van der Waals surface area contributed by atoms with Gasteiger partial charge >= 0.3 is 6.18 Å². The van der Waals surface area contributed by atoms with Gasteiger partial charge in [0.25, 0.3) is 5.91 Å². The number of aromatic nitrogens is 4. The Balaban J connectivity index is 1.34. The van der Waals surface area contributed by atoms with E-state index in [1.54, 1.807) is 47.7 Å². The lowest BCUT2D eigenvalue weighted by molar-refractivity contribution is -0.137. The summed E-state index contributed by atoms with van der Waals surface area (Å²) in [7, 11) is 0. The number of anilines is 1. The van der Waals surface area contributed by atoms with Gasteiger partial charge in [-0.3, -0.25) is 19.1 Å². The number of nitrogens with one attached hydrogen (secondary N) is 1. The van der Waals surface area contributed by atoms with E-state index >= 15 is 0 Å². The van der Waals surface area contributed by atoms with E-state index in [1.165, 1.54) is 30.3 Å². The molecule has 0 unspecified atom stereocenters. The first-order chi connectivity index (χ1) is 17.7. The Labute approximate surface area is 212 Å². The maximum absolute atomic E-state index is 13.1. The molecule has 7 nitrogen and oxygen atoms in total. The van der Waals surface area contributed by atoms with Gasteiger partial charge in [0.2, 0.25) is 0 Å². The van der Waals surface area contributed by atoms with Crippen LogP contribution in [0, 0.1) is 0 Å². The van der Waals surface area contributed by atoms with E-state index in [4.69, 9.17) is 11.6 Å². The van der Waals surface area contributed by atoms with Crippen LogP contribution in [0.3, 0.4) is 0 Å². The summed E-state index contributed by atoms with van der Waals surface area (Å²) in [6.07, 6.45) is 1.85. The van der Waals surface area contributed by atoms with Crippen LogP contribution in [0.2, 0.25) is 5.02 Å². The molecule has 5 rings (SSSR count). The number of hydrogen-bond acceptors (Lipinski definition) is 5. The predicted molar refractivity (Wildman–Crippen MR) is 131 cm³/mol. The van der Waals surface area contributed by atoms with Crippen LogP contribution in [0.1, 0.15) is 31.8 Å². The Hall–Kier alpha value is -4.57. The minimum Gasteiger partial charge on any atom is -0.322 e. The fourth-order valence-corrected chi connectivity index (χ4v) is 3.85. The van der Waals surface area contributed by atoms with E-state index < -0.39 is 22.7 Å². The standard InChI is InChI=1S/C26H15ClF3N5O2/c27-20-7-3-17(11-19(20)26(28,29)30)25(37)33-18-5-1-15(2-6-18)24(36)16-4-8-21-22(12-16)34-23(13-32-21)35-10-9-31-14-35/h1-14H,(H,33,37). The molecule has 0 fully saturated rings. The molecular weight excluding hydrogens is 507 g/mol. The molecular formula is C26H15ClF3N5O2. The molecule has 2 heterocycles. The number of alkyl halides is 3. The summed E-state index contributed by atoms with van der Waals surface area (Å²) < 4.78 is 41.0. The Morgan fingerprint density at radius 1 is 0.892 bits per heavy atom. The molecule has 0 aliphatic heterocycles. The summed E-state index contributed by atoms with van der Waals surface area (Å²) in [5.74, 6) is -0.470. The Bertz CT molecular complexity index is 1640. The molecule has 0 aliphatic carbocycles. The second kappa shape index (κ2) is 9.47. The third-order valence-electron chi connectivity index (χ3n) is 5.50. The van der Waals surface area contributed by atoms with Gasteiger partial charge in [-0.25, -0.2) is 9.97 Å². The highest BCUT2D eigenvalue weighted by molar-refractivity contribution is 6.31. The zero-order valence-corrected chi connectivity index (χ0v) is 19.5. The van der Waals surface area contributed by atoms with Gasteiger partial charge in [-0.15, -0.1) is 0 Å². The summed E-state index contributed by atoms with van der Waals surface area (Å²) in [6, 6.07) is 13.9. The zero-order valence-electron chi connectivity index (χ0n) is 18.7. The lowest BCUT2D eigenvalue weighted by atomic mass is 10.0. The first-order valence-corrected chi connectivity index (χ1v) is 11.1. The number of hydrogen-bond donors (Lipinski definition) is 1. The van der Waals surface area contributed by atoms with Crippen LogP contribution in [0.25, 0.3) is 16.9 Å². The Morgan fingerprint density at radius 2 is 1.62 bits per heavy atom. The highest BCUT2D eigenvalue weighted by atomic mass is 35.5. The monoisotopic (exact) mass is 521 g/mol. The number of ketones is 1. The van der Waals surface area contributed by atoms with Crippen LogP contribution in [-0.4, -0.2) is 31.2 Å². The predicted octanol–water partition coefficient (Wildman–Crippen LogP) is 5.97. The van der Waals surface area contributed by atoms with E-state index in [2.05, 4.69) is 20.3 Å². The largest absolute Gasteiger partial charge is 0.417 e. The van der Waals surface area contributed by atoms with Crippen molar-refractivity contribution in [2.75, 3.05) is 5.32 Å². The number of benzene rings is 3. The molecule has 37 heavy (non-hydrogen) atoms. The van der Waals surface area contributed by atoms with Crippen molar-refractivity contribution in [3.63, 3.8) is 0 Å². The number of fused-ring (bicyclic) bond motifs is 1. The molecule has 0 spiro atoms. The summed E-state index contributed by atoms with van der Waals surface area (Å²) in [4.78, 5) is 38.4. The molecule has 11 heteroatoms. The van der Waals surface area contributed by atoms with Crippen LogP contribution >= 0.6 is 11.6 Å². The van der Waals surface area contributed by atoms with Crippen molar-refractivity contribution in [3.8, 4) is 5.82 Å². The van der Waals surface area contributed by atoms with Gasteiger partial charge in [0.05, 0.1) is 27.8 Å². The number of nitrogens with zero attached hydrogens (tertiary/aromatic N) is 4. The lowest BCUT2D eigenvalue weighted by Gasteiger charge is -2.11. The van der Waals surface area contributed by atoms with Crippen LogP contribution in [0.5, 0.6) is 0 Å². The molecule has 0 saturated heterocycles. The highest BCUT2D eigenvalue weighted by Crippen LogP contribution is 2.35. The fraction of sp³-hybridized carbons (Fsp3) is 0.0385. The van der Waals surface area contributed by atoms with Crippen LogP contribution in [0.15, 0.2) is 85.6 Å². The SMILES string of the molecule is O=C(Nc1ccc(C(=O)c2ccc3ncc(-n4ccnc4)nc3c2)cc1)c1ccc(Cl)c(C(F)(F)F)c1. The second-order valence-corrected chi connectivity index (χ2v) is 8.36. The van der Waals surface area contributed by atoms with Crippen molar-refractivity contribution in [1.82, 2.24) is 19.5 Å². The third-order valence-corrected chi connectivity index (χ3v) is 5.83. The number of rotatable bonds is 5. The van der Waals surface area contributed by atoms with Gasteiger partial charge in [-0.2, -0.15) is 13.2 Å². The van der Waals surface area contributed by atoms with E-state index in [1.807, 2.05) is 0 Å². The van der Waals surface area contributed by atoms with Gasteiger partial charge in [0.1, 0.15) is 6.33 Å². The van der Waals surface area contributed by atoms with Gasteiger partial charge in [-0.1, -0.05) is 11.6 Å². The molecule has 1 N–H and O–H groups in total. The van der Waals surface area contributed by atoms with Gasteiger partial charge in [-0.05, 0) is 60.7 Å². The number of carbonyl (C=O) groups excluding carboxylic acids is 2. The maximum atomic E-state index is 13.1. The van der Waals surface area contributed by atoms with E-state index in [9.17, 15) is 22.8 Å². The topological polar surface area (TPSA) is 89.8 Å². The quantitative estimate of drug-likeness (QED) is 0.288. The van der Waals surface area contributed by atoms with E-state index in [0.29, 0.717) is 39.7 Å². The molecule has 3 aromatic carbocycles. The Morgan fingerprint density at radius 3 is 2.32 bits per heavy atom. The minimum atomic E-state index is -4.69. The second-order valence-electron chi connectivity index (χ2n) is 7.95. The molecule has 2 aromatic heterocycles. The lowest BCUT2D eigenvalue weighted by Crippen LogP contribution is -2.14. The van der Waals surface area contributed by atoms with Gasteiger partial charge in [0, 0.05) is 34.8 Å². The summed E-state index contributed by atoms with van der Waals surface area (Å²) in [6.45, 7) is 0. The van der Waals surface area contributed by atoms with E-state index in [-0.39, 0.29) is 11.3 Å². The number of carbonyl (C=O) groups is 2. The van der Waals surface area contributed by atoms with E-state index in [0.717, 1.165) is 6.07 Å². The summed E-state index contributed by atoms with van der Waals surface area (Å²) in [5.41, 5.74) is 0.893. The third kappa shape index (κ3) is 5.05. The normalized spacial score (nSPS) is 11.5. The highest BCUT2D eigenvalue weighted by Gasteiger charge is 2.33. The van der Waals surface area contributed by atoms with Crippen molar-refractivity contribution in [3.05, 3.63) is 113 Å². The van der Waals surface area contributed by atoms with Crippen molar-refractivity contribution >= 4 is 40.0 Å². The number of amides is 1. The molecule has 0 saturated carbocycles. The zero-order chi connectivity index (χ0) is 26.2. The van der Waals surface area contributed by atoms with Crippen LogP contribution in [0.4, 0.5) is 18.9 Å². The van der Waals surface area contributed by atoms with Crippen LogP contribution in [-0.2, 0) is 6.18 Å². The molecule has 0 radical (unpaired) electrons. The summed E-state index contributed by atoms with van der Waals surface area (Å²) >= 11 is 5.61. The molecule has 0 atom stereocenters. The molecule has 5 aromatic rings. The average molecular weight is 522 g/mol. The van der Waals surface area contributed by atoms with Crippen LogP contribution < -0.4 is 5.32 Å². The average Bonchev–Trinajstić information content (AvgIpc) is 3.43. The first-order valence-electron chi connectivity index (χ1n) is 10.8. The summed E-state index contributed by atoms with van der Waals surface area (Å²) in [5, 5.41) is 2.02. The molecule has 0 aliphatic rings. The molecule has 0 bridgehead atoms. The van der Waals surface area contributed by atoms with Gasteiger partial charge in [0.15, 0.2) is 11.6 Å². The first kappa shape index (κ1) is 24.1. The maximum Gasteiger partial charge on any atom is 0.417 e. The number of imidazole rings is 1. The van der Waals surface area contributed by atoms with Crippen molar-refractivity contribution in [2.45, 2.75) is 6.18 Å². The Kier molecular flexibility index (Phi) is 6.18. The molecule has 184 valence electrons. The number of halogens is 4. The minimum absolute atomic E-state index is 0.204. The van der Waals surface area contributed by atoms with Crippen molar-refractivity contribution < 1.29 is 22.8 Å². The molecule has 1 amide bonds. The van der Waals surface area contributed by atoms with Crippen molar-refractivity contribution in [1.29, 1.82) is 0 Å². The van der Waals surface area contributed by atoms with Crippen molar-refractivity contribution in [2.24, 2.45) is 0 Å². The fourth-order valence-electron chi connectivity index (χ4n) is 3.62.